The number of pyridine rings is 1. The summed E-state index contributed by atoms with van der Waals surface area (Å²) >= 11 is 0. The number of hydrogen-bond acceptors (Lipinski definition) is 4. The molecule has 1 aliphatic rings. The Morgan fingerprint density at radius 1 is 1.58 bits per heavy atom. The molecule has 1 amide bonds. The second-order valence-corrected chi connectivity index (χ2v) is 4.63. The number of nitrogens with zero attached hydrogens (tertiary/aromatic N) is 2. The van der Waals surface area contributed by atoms with E-state index in [0.29, 0.717) is 6.54 Å². The lowest BCUT2D eigenvalue weighted by molar-refractivity contribution is 0.0700. The van der Waals surface area contributed by atoms with E-state index in [2.05, 4.69) is 10.3 Å². The minimum atomic E-state index is -0.470. The molecular formula is C13H18FN3O2. The number of carbonyl (C=O) groups excluding carboxylic acids is 1. The molecule has 1 aliphatic heterocycles. The molecule has 1 unspecified atom stereocenters. The van der Waals surface area contributed by atoms with Gasteiger partial charge in [0.25, 0.3) is 5.91 Å². The van der Waals surface area contributed by atoms with E-state index in [1.54, 1.807) is 4.90 Å². The monoisotopic (exact) mass is 267 g/mol. The Bertz CT molecular complexity index is 418. The van der Waals surface area contributed by atoms with Gasteiger partial charge in [0.15, 0.2) is 0 Å². The predicted octanol–water partition coefficient (Wildman–Crippen LogP) is 0.407. The van der Waals surface area contributed by atoms with Crippen molar-refractivity contribution < 1.29 is 14.3 Å². The third-order valence-corrected chi connectivity index (χ3v) is 3.21. The molecule has 1 aromatic rings. The highest BCUT2D eigenvalue weighted by Gasteiger charge is 2.22. The summed E-state index contributed by atoms with van der Waals surface area (Å²) in [6, 6.07) is 2.84. The highest BCUT2D eigenvalue weighted by Crippen LogP contribution is 2.09. The zero-order chi connectivity index (χ0) is 13.7. The van der Waals surface area contributed by atoms with Crippen LogP contribution in [0.25, 0.3) is 0 Å². The van der Waals surface area contributed by atoms with Crippen molar-refractivity contribution in [3.05, 3.63) is 29.8 Å². The lowest BCUT2D eigenvalue weighted by Gasteiger charge is -2.24. The van der Waals surface area contributed by atoms with Crippen LogP contribution in [0, 0.1) is 5.82 Å². The molecule has 2 heterocycles. The number of aromatic nitrogens is 1. The van der Waals surface area contributed by atoms with Crippen LogP contribution in [0.2, 0.25) is 0 Å². The first-order valence-electron chi connectivity index (χ1n) is 6.46. The Labute approximate surface area is 111 Å². The Morgan fingerprint density at radius 2 is 2.42 bits per heavy atom. The third kappa shape index (κ3) is 3.71. The molecule has 1 fully saturated rings. The van der Waals surface area contributed by atoms with Crippen molar-refractivity contribution in [3.8, 4) is 0 Å². The summed E-state index contributed by atoms with van der Waals surface area (Å²) in [5.74, 6) is -0.745. The van der Waals surface area contributed by atoms with Gasteiger partial charge in [-0.1, -0.05) is 0 Å². The fourth-order valence-corrected chi connectivity index (χ4v) is 2.24. The molecule has 19 heavy (non-hydrogen) atoms. The molecule has 0 saturated carbocycles. The topological polar surface area (TPSA) is 65.5 Å². The number of carbonyl (C=O) groups is 1. The fraction of sp³-hybridized carbons (Fsp3) is 0.538. The van der Waals surface area contributed by atoms with Gasteiger partial charge >= 0.3 is 0 Å². The highest BCUT2D eigenvalue weighted by molar-refractivity contribution is 5.92. The molecule has 6 heteroatoms. The van der Waals surface area contributed by atoms with Crippen LogP contribution in [0.15, 0.2) is 18.3 Å². The number of hydrogen-bond donors (Lipinski definition) is 2. The van der Waals surface area contributed by atoms with E-state index in [-0.39, 0.29) is 30.8 Å². The maximum absolute atomic E-state index is 12.8. The van der Waals surface area contributed by atoms with Gasteiger partial charge in [0.1, 0.15) is 11.5 Å². The van der Waals surface area contributed by atoms with Crippen molar-refractivity contribution >= 4 is 5.91 Å². The Hall–Kier alpha value is -1.53. The number of rotatable bonds is 5. The van der Waals surface area contributed by atoms with E-state index in [9.17, 15) is 9.18 Å². The van der Waals surface area contributed by atoms with Crippen molar-refractivity contribution in [3.63, 3.8) is 0 Å². The van der Waals surface area contributed by atoms with E-state index >= 15 is 0 Å². The minimum absolute atomic E-state index is 0.0976. The molecule has 1 aromatic heterocycles. The average molecular weight is 267 g/mol. The van der Waals surface area contributed by atoms with E-state index in [0.717, 1.165) is 25.6 Å². The van der Waals surface area contributed by atoms with Gasteiger partial charge in [-0.3, -0.25) is 4.79 Å². The Morgan fingerprint density at radius 3 is 3.00 bits per heavy atom. The largest absolute Gasteiger partial charge is 0.395 e. The maximum Gasteiger partial charge on any atom is 0.272 e. The standard InChI is InChI=1S/C13H18FN3O2/c14-10-3-4-12(16-8-10)13(19)17(6-7-18)9-11-2-1-5-15-11/h3-4,8,11,15,18H,1-2,5-7,9H2. The van der Waals surface area contributed by atoms with Gasteiger partial charge in [0.2, 0.25) is 0 Å². The highest BCUT2D eigenvalue weighted by atomic mass is 19.1. The van der Waals surface area contributed by atoms with Crippen molar-refractivity contribution in [1.29, 1.82) is 0 Å². The van der Waals surface area contributed by atoms with Crippen LogP contribution in [0.1, 0.15) is 23.3 Å². The van der Waals surface area contributed by atoms with E-state index in [1.807, 2.05) is 0 Å². The molecule has 0 aliphatic carbocycles. The third-order valence-electron chi connectivity index (χ3n) is 3.21. The molecule has 0 spiro atoms. The summed E-state index contributed by atoms with van der Waals surface area (Å²) in [7, 11) is 0. The number of aliphatic hydroxyl groups is 1. The van der Waals surface area contributed by atoms with E-state index in [1.165, 1.54) is 12.1 Å². The molecule has 1 atom stereocenters. The van der Waals surface area contributed by atoms with Gasteiger partial charge in [-0.15, -0.1) is 0 Å². The quantitative estimate of drug-likeness (QED) is 0.811. The normalized spacial score (nSPS) is 18.5. The molecule has 1 saturated heterocycles. The lowest BCUT2D eigenvalue weighted by Crippen LogP contribution is -2.42. The molecule has 5 nitrogen and oxygen atoms in total. The minimum Gasteiger partial charge on any atom is -0.395 e. The van der Waals surface area contributed by atoms with Gasteiger partial charge in [0.05, 0.1) is 12.8 Å². The van der Waals surface area contributed by atoms with Crippen LogP contribution in [-0.2, 0) is 0 Å². The molecule has 2 N–H and O–H groups in total. The maximum atomic E-state index is 12.8. The summed E-state index contributed by atoms with van der Waals surface area (Å²) in [6.45, 7) is 1.66. The first-order chi connectivity index (χ1) is 9.20. The zero-order valence-electron chi connectivity index (χ0n) is 10.7. The molecule has 0 aromatic carbocycles. The van der Waals surface area contributed by atoms with E-state index < -0.39 is 5.82 Å². The molecule has 0 bridgehead atoms. The number of amides is 1. The second kappa shape index (κ2) is 6.58. The molecule has 104 valence electrons. The number of halogens is 1. The Kier molecular flexibility index (Phi) is 4.81. The van der Waals surface area contributed by atoms with Gasteiger partial charge in [0, 0.05) is 19.1 Å². The lowest BCUT2D eigenvalue weighted by atomic mass is 10.2. The summed E-state index contributed by atoms with van der Waals surface area (Å²) in [4.78, 5) is 17.6. The Balaban J connectivity index is 2.04. The first kappa shape index (κ1) is 13.9. The van der Waals surface area contributed by atoms with Crippen LogP contribution in [0.4, 0.5) is 4.39 Å². The van der Waals surface area contributed by atoms with Gasteiger partial charge in [-0.2, -0.15) is 0 Å². The van der Waals surface area contributed by atoms with Gasteiger partial charge in [-0.05, 0) is 31.5 Å². The van der Waals surface area contributed by atoms with Crippen LogP contribution in [-0.4, -0.2) is 53.2 Å². The second-order valence-electron chi connectivity index (χ2n) is 4.63. The fourth-order valence-electron chi connectivity index (χ4n) is 2.24. The zero-order valence-corrected chi connectivity index (χ0v) is 10.7. The van der Waals surface area contributed by atoms with Crippen LogP contribution < -0.4 is 5.32 Å². The van der Waals surface area contributed by atoms with Crippen LogP contribution in [0.5, 0.6) is 0 Å². The van der Waals surface area contributed by atoms with Crippen LogP contribution >= 0.6 is 0 Å². The van der Waals surface area contributed by atoms with E-state index in [4.69, 9.17) is 5.11 Å². The molecule has 0 radical (unpaired) electrons. The SMILES string of the molecule is O=C(c1ccc(F)cn1)N(CCO)CC1CCCN1. The number of nitrogens with one attached hydrogen (secondary N) is 1. The predicted molar refractivity (Wildman–Crippen MR) is 68.2 cm³/mol. The van der Waals surface area contributed by atoms with Crippen molar-refractivity contribution in [2.24, 2.45) is 0 Å². The summed E-state index contributed by atoms with van der Waals surface area (Å²) in [6.07, 6.45) is 3.14. The summed E-state index contributed by atoms with van der Waals surface area (Å²) in [5, 5.41) is 12.4. The molecule has 2 rings (SSSR count). The van der Waals surface area contributed by atoms with Crippen molar-refractivity contribution in [2.45, 2.75) is 18.9 Å². The summed E-state index contributed by atoms with van der Waals surface area (Å²) in [5.41, 5.74) is 0.202. The first-order valence-corrected chi connectivity index (χ1v) is 6.46. The van der Waals surface area contributed by atoms with Gasteiger partial charge < -0.3 is 15.3 Å². The van der Waals surface area contributed by atoms with Gasteiger partial charge in [-0.25, -0.2) is 9.37 Å². The average Bonchev–Trinajstić information content (AvgIpc) is 2.91. The van der Waals surface area contributed by atoms with Crippen molar-refractivity contribution in [2.75, 3.05) is 26.2 Å². The number of aliphatic hydroxyl groups excluding tert-OH is 1. The summed E-state index contributed by atoms with van der Waals surface area (Å²) < 4.78 is 12.8. The smallest absolute Gasteiger partial charge is 0.272 e. The van der Waals surface area contributed by atoms with Crippen LogP contribution in [0.3, 0.4) is 0 Å². The molecular weight excluding hydrogens is 249 g/mol. The van der Waals surface area contributed by atoms with Crippen molar-refractivity contribution in [1.82, 2.24) is 15.2 Å².